The van der Waals surface area contributed by atoms with E-state index in [1.165, 1.54) is 6.20 Å². The van der Waals surface area contributed by atoms with Crippen molar-refractivity contribution in [3.63, 3.8) is 0 Å². The first-order valence-electron chi connectivity index (χ1n) is 4.25. The van der Waals surface area contributed by atoms with Crippen LogP contribution in [0, 0.1) is 5.95 Å². The van der Waals surface area contributed by atoms with Crippen LogP contribution < -0.4 is 0 Å². The lowest BCUT2D eigenvalue weighted by atomic mass is 10.1. The molecule has 1 aromatic carbocycles. The van der Waals surface area contributed by atoms with E-state index in [1.807, 2.05) is 0 Å². The second kappa shape index (κ2) is 4.17. The molecule has 0 aliphatic rings. The third-order valence-electron chi connectivity index (χ3n) is 1.99. The van der Waals surface area contributed by atoms with Gasteiger partial charge in [0.25, 0.3) is 0 Å². The van der Waals surface area contributed by atoms with Gasteiger partial charge in [-0.2, -0.15) is 4.39 Å². The summed E-state index contributed by atoms with van der Waals surface area (Å²) in [6, 6.07) is 8.26. The summed E-state index contributed by atoms with van der Waals surface area (Å²) in [5.41, 5.74) is 0.791. The molecule has 0 radical (unpaired) electrons. The van der Waals surface area contributed by atoms with Gasteiger partial charge >= 0.3 is 0 Å². The largest absolute Gasteiger partial charge is 0.228 e. The zero-order valence-corrected chi connectivity index (χ0v) is 9.06. The molecule has 4 heteroatoms. The van der Waals surface area contributed by atoms with Crippen LogP contribution in [0.15, 0.2) is 36.5 Å². The fraction of sp³-hybridized carbons (Fsp3) is 0. The fourth-order valence-electron chi connectivity index (χ4n) is 1.33. The first-order valence-corrected chi connectivity index (χ1v) is 5.00. The van der Waals surface area contributed by atoms with E-state index in [1.54, 1.807) is 30.3 Å². The number of hydrogen-bond donors (Lipinski definition) is 0. The highest BCUT2D eigenvalue weighted by atomic mass is 35.5. The van der Waals surface area contributed by atoms with Crippen molar-refractivity contribution >= 4 is 23.2 Å². The maximum atomic E-state index is 13.4. The number of aromatic nitrogens is 1. The second-order valence-electron chi connectivity index (χ2n) is 2.94. The van der Waals surface area contributed by atoms with Crippen molar-refractivity contribution in [2.45, 2.75) is 0 Å². The maximum absolute atomic E-state index is 13.4. The Balaban J connectivity index is 2.69. The lowest BCUT2D eigenvalue weighted by molar-refractivity contribution is 0.587. The van der Waals surface area contributed by atoms with E-state index in [4.69, 9.17) is 23.2 Å². The van der Waals surface area contributed by atoms with E-state index in [0.29, 0.717) is 21.2 Å². The molecular formula is C11H6Cl2FN. The normalized spacial score (nSPS) is 10.3. The minimum Gasteiger partial charge on any atom is -0.228 e. The molecule has 0 spiro atoms. The lowest BCUT2D eigenvalue weighted by Crippen LogP contribution is -1.89. The molecule has 15 heavy (non-hydrogen) atoms. The Hall–Kier alpha value is -1.12. The first-order chi connectivity index (χ1) is 7.20. The topological polar surface area (TPSA) is 12.9 Å². The van der Waals surface area contributed by atoms with Gasteiger partial charge in [-0.3, -0.25) is 0 Å². The van der Waals surface area contributed by atoms with E-state index in [0.717, 1.165) is 0 Å². The van der Waals surface area contributed by atoms with E-state index < -0.39 is 5.95 Å². The van der Waals surface area contributed by atoms with Crippen LogP contribution in [0.25, 0.3) is 11.1 Å². The summed E-state index contributed by atoms with van der Waals surface area (Å²) >= 11 is 11.9. The number of pyridine rings is 1. The van der Waals surface area contributed by atoms with Crippen LogP contribution in [0.3, 0.4) is 0 Å². The SMILES string of the molecule is Fc1ncccc1-c1c(Cl)cccc1Cl. The minimum atomic E-state index is -0.576. The molecule has 1 aromatic heterocycles. The number of benzene rings is 1. The first kappa shape index (κ1) is 10.4. The lowest BCUT2D eigenvalue weighted by Gasteiger charge is -2.06. The standard InChI is InChI=1S/C11H6Cl2FN/c12-8-4-1-5-9(13)10(8)7-3-2-6-15-11(7)14/h1-6H. The number of rotatable bonds is 1. The molecule has 0 aliphatic carbocycles. The highest BCUT2D eigenvalue weighted by molar-refractivity contribution is 6.39. The molecule has 1 nitrogen and oxygen atoms in total. The van der Waals surface area contributed by atoms with Crippen molar-refractivity contribution < 1.29 is 4.39 Å². The van der Waals surface area contributed by atoms with Crippen molar-refractivity contribution in [1.82, 2.24) is 4.98 Å². The molecule has 0 bridgehead atoms. The second-order valence-corrected chi connectivity index (χ2v) is 3.75. The number of halogens is 3. The average molecular weight is 242 g/mol. The van der Waals surface area contributed by atoms with Crippen LogP contribution in [0.4, 0.5) is 4.39 Å². The smallest absolute Gasteiger partial charge is 0.220 e. The van der Waals surface area contributed by atoms with Crippen molar-refractivity contribution in [1.29, 1.82) is 0 Å². The van der Waals surface area contributed by atoms with E-state index in [2.05, 4.69) is 4.98 Å². The van der Waals surface area contributed by atoms with E-state index in [9.17, 15) is 4.39 Å². The molecule has 1 heterocycles. The Morgan fingerprint density at radius 3 is 2.27 bits per heavy atom. The maximum Gasteiger partial charge on any atom is 0.220 e. The minimum absolute atomic E-state index is 0.313. The van der Waals surface area contributed by atoms with Gasteiger partial charge in [0.15, 0.2) is 0 Å². The van der Waals surface area contributed by atoms with E-state index in [-0.39, 0.29) is 0 Å². The molecule has 0 fully saturated rings. The van der Waals surface area contributed by atoms with Gasteiger partial charge in [0.05, 0.1) is 10.0 Å². The summed E-state index contributed by atoms with van der Waals surface area (Å²) < 4.78 is 13.4. The molecule has 0 saturated carbocycles. The molecule has 2 aromatic rings. The van der Waals surface area contributed by atoms with Crippen LogP contribution in [-0.2, 0) is 0 Å². The highest BCUT2D eigenvalue weighted by Gasteiger charge is 2.12. The van der Waals surface area contributed by atoms with Crippen LogP contribution >= 0.6 is 23.2 Å². The third kappa shape index (κ3) is 1.96. The molecule has 76 valence electrons. The monoisotopic (exact) mass is 241 g/mol. The molecule has 0 aliphatic heterocycles. The Morgan fingerprint density at radius 2 is 1.67 bits per heavy atom. The van der Waals surface area contributed by atoms with Gasteiger partial charge in [-0.25, -0.2) is 4.98 Å². The summed E-state index contributed by atoms with van der Waals surface area (Å²) in [5, 5.41) is 0.823. The zero-order chi connectivity index (χ0) is 10.8. The number of hydrogen-bond acceptors (Lipinski definition) is 1. The van der Waals surface area contributed by atoms with Crippen LogP contribution in [0.2, 0.25) is 10.0 Å². The molecule has 0 unspecified atom stereocenters. The van der Waals surface area contributed by atoms with Gasteiger partial charge in [-0.1, -0.05) is 29.3 Å². The van der Waals surface area contributed by atoms with Crippen molar-refractivity contribution in [3.05, 3.63) is 52.5 Å². The highest BCUT2D eigenvalue weighted by Crippen LogP contribution is 2.35. The zero-order valence-electron chi connectivity index (χ0n) is 7.55. The third-order valence-corrected chi connectivity index (χ3v) is 2.62. The fourth-order valence-corrected chi connectivity index (χ4v) is 1.93. The van der Waals surface area contributed by atoms with Gasteiger partial charge in [-0.05, 0) is 24.3 Å². The van der Waals surface area contributed by atoms with Crippen LogP contribution in [-0.4, -0.2) is 4.98 Å². The average Bonchev–Trinajstić information content (AvgIpc) is 2.20. The Labute approximate surface area is 96.5 Å². The predicted octanol–water partition coefficient (Wildman–Crippen LogP) is 4.19. The van der Waals surface area contributed by atoms with Gasteiger partial charge in [0, 0.05) is 17.3 Å². The number of nitrogens with zero attached hydrogens (tertiary/aromatic N) is 1. The molecule has 0 atom stereocenters. The van der Waals surface area contributed by atoms with Gasteiger partial charge in [-0.15, -0.1) is 0 Å². The molecular weight excluding hydrogens is 236 g/mol. The summed E-state index contributed by atoms with van der Waals surface area (Å²) in [6.45, 7) is 0. The summed E-state index contributed by atoms with van der Waals surface area (Å²) in [5.74, 6) is -0.576. The summed E-state index contributed by atoms with van der Waals surface area (Å²) in [6.07, 6.45) is 1.38. The Morgan fingerprint density at radius 1 is 1.00 bits per heavy atom. The van der Waals surface area contributed by atoms with Crippen molar-refractivity contribution in [2.24, 2.45) is 0 Å². The van der Waals surface area contributed by atoms with Gasteiger partial charge < -0.3 is 0 Å². The van der Waals surface area contributed by atoms with E-state index >= 15 is 0 Å². The molecule has 0 amide bonds. The summed E-state index contributed by atoms with van der Waals surface area (Å²) in [7, 11) is 0. The predicted molar refractivity (Wildman–Crippen MR) is 59.7 cm³/mol. The van der Waals surface area contributed by atoms with Crippen LogP contribution in [0.5, 0.6) is 0 Å². The molecule has 2 rings (SSSR count). The Kier molecular flexibility index (Phi) is 2.89. The van der Waals surface area contributed by atoms with Crippen LogP contribution in [0.1, 0.15) is 0 Å². The quantitative estimate of drug-likeness (QED) is 0.683. The van der Waals surface area contributed by atoms with Crippen molar-refractivity contribution in [2.75, 3.05) is 0 Å². The van der Waals surface area contributed by atoms with Crippen molar-refractivity contribution in [3.8, 4) is 11.1 Å². The van der Waals surface area contributed by atoms with Gasteiger partial charge in [0.1, 0.15) is 0 Å². The molecule has 0 saturated heterocycles. The molecule has 0 N–H and O–H groups in total. The van der Waals surface area contributed by atoms with Gasteiger partial charge in [0.2, 0.25) is 5.95 Å². The Bertz CT molecular complexity index is 479. The summed E-state index contributed by atoms with van der Waals surface area (Å²) in [4.78, 5) is 3.55.